The molecule has 0 unspecified atom stereocenters. The molecule has 0 atom stereocenters. The summed E-state index contributed by atoms with van der Waals surface area (Å²) >= 11 is 1.47. The Bertz CT molecular complexity index is 721. The number of carbonyl (C=O) groups excluding carboxylic acids is 1. The summed E-state index contributed by atoms with van der Waals surface area (Å²) in [6, 6.07) is 2.60. The number of fused-ring (bicyclic) bond motifs is 1. The molecule has 0 aromatic carbocycles. The Labute approximate surface area is 146 Å². The topological polar surface area (TPSA) is 64.1 Å². The standard InChI is InChI=1S/C16H16F3N3O2S/c17-16(18,19)9-24-13-7-6-10(8-20-13)14(23)22-15-21-11-4-2-1-3-5-12(11)25-15/h6-8H,1-5,9H2,(H,21,22,23). The minimum atomic E-state index is -4.43. The summed E-state index contributed by atoms with van der Waals surface area (Å²) in [5.41, 5.74) is 1.27. The molecule has 2 heterocycles. The number of hydrogen-bond donors (Lipinski definition) is 1. The number of aryl methyl sites for hydroxylation is 2. The maximum atomic E-state index is 12.2. The highest BCUT2D eigenvalue weighted by Gasteiger charge is 2.28. The quantitative estimate of drug-likeness (QED) is 0.825. The van der Waals surface area contributed by atoms with Crippen LogP contribution in [0.1, 0.15) is 40.2 Å². The number of ether oxygens (including phenoxy) is 1. The molecule has 1 aliphatic carbocycles. The predicted octanol–water partition coefficient (Wildman–Crippen LogP) is 4.00. The molecule has 0 aliphatic heterocycles. The van der Waals surface area contributed by atoms with Gasteiger partial charge >= 0.3 is 6.18 Å². The smallest absolute Gasteiger partial charge is 0.422 e. The van der Waals surface area contributed by atoms with E-state index in [4.69, 9.17) is 0 Å². The highest BCUT2D eigenvalue weighted by molar-refractivity contribution is 7.15. The molecule has 0 saturated carbocycles. The second-order valence-electron chi connectivity index (χ2n) is 5.69. The Hall–Kier alpha value is -2.16. The Balaban J connectivity index is 1.61. The van der Waals surface area contributed by atoms with Crippen molar-refractivity contribution in [3.05, 3.63) is 34.5 Å². The Morgan fingerprint density at radius 1 is 1.24 bits per heavy atom. The fourth-order valence-electron chi connectivity index (χ4n) is 2.51. The van der Waals surface area contributed by atoms with Gasteiger partial charge in [0, 0.05) is 17.1 Å². The van der Waals surface area contributed by atoms with Crippen LogP contribution in [-0.4, -0.2) is 28.7 Å². The summed E-state index contributed by atoms with van der Waals surface area (Å²) < 4.78 is 40.8. The van der Waals surface area contributed by atoms with E-state index in [0.29, 0.717) is 5.13 Å². The molecule has 1 N–H and O–H groups in total. The lowest BCUT2D eigenvalue weighted by molar-refractivity contribution is -0.154. The highest BCUT2D eigenvalue weighted by atomic mass is 32.1. The van der Waals surface area contributed by atoms with Gasteiger partial charge in [0.25, 0.3) is 5.91 Å². The largest absolute Gasteiger partial charge is 0.468 e. The molecule has 9 heteroatoms. The van der Waals surface area contributed by atoms with Crippen molar-refractivity contribution in [1.82, 2.24) is 9.97 Å². The summed E-state index contributed by atoms with van der Waals surface area (Å²) in [5, 5.41) is 3.26. The molecule has 0 saturated heterocycles. The maximum absolute atomic E-state index is 12.2. The fraction of sp³-hybridized carbons (Fsp3) is 0.438. The number of pyridine rings is 1. The molecule has 3 rings (SSSR count). The van der Waals surface area contributed by atoms with Crippen LogP contribution in [0.25, 0.3) is 0 Å². The van der Waals surface area contributed by atoms with Crippen LogP contribution in [0.15, 0.2) is 18.3 Å². The first kappa shape index (κ1) is 17.7. The molecular formula is C16H16F3N3O2S. The first-order valence-electron chi connectivity index (χ1n) is 7.86. The van der Waals surface area contributed by atoms with Crippen LogP contribution in [0.2, 0.25) is 0 Å². The van der Waals surface area contributed by atoms with E-state index in [1.54, 1.807) is 0 Å². The number of nitrogens with zero attached hydrogens (tertiary/aromatic N) is 2. The van der Waals surface area contributed by atoms with Gasteiger partial charge in [-0.3, -0.25) is 10.1 Å². The predicted molar refractivity (Wildman–Crippen MR) is 87.1 cm³/mol. The zero-order valence-electron chi connectivity index (χ0n) is 13.2. The summed E-state index contributed by atoms with van der Waals surface area (Å²) in [6.45, 7) is -1.42. The molecule has 25 heavy (non-hydrogen) atoms. The molecule has 134 valence electrons. The number of halogens is 3. The molecule has 2 aromatic heterocycles. The van der Waals surface area contributed by atoms with E-state index < -0.39 is 18.7 Å². The van der Waals surface area contributed by atoms with E-state index in [2.05, 4.69) is 20.0 Å². The van der Waals surface area contributed by atoms with Gasteiger partial charge in [-0.1, -0.05) is 6.42 Å². The number of aromatic nitrogens is 2. The van der Waals surface area contributed by atoms with Gasteiger partial charge in [-0.25, -0.2) is 9.97 Å². The lowest BCUT2D eigenvalue weighted by Crippen LogP contribution is -2.19. The van der Waals surface area contributed by atoms with Crippen LogP contribution in [0.4, 0.5) is 18.3 Å². The average molecular weight is 371 g/mol. The third-order valence-electron chi connectivity index (χ3n) is 3.70. The summed E-state index contributed by atoms with van der Waals surface area (Å²) in [4.78, 5) is 21.6. The average Bonchev–Trinajstić information content (AvgIpc) is 2.81. The zero-order chi connectivity index (χ0) is 17.9. The van der Waals surface area contributed by atoms with Crippen LogP contribution in [0.5, 0.6) is 5.88 Å². The van der Waals surface area contributed by atoms with Crippen molar-refractivity contribution in [3.8, 4) is 5.88 Å². The Morgan fingerprint density at radius 2 is 2.04 bits per heavy atom. The number of nitrogens with one attached hydrogen (secondary N) is 1. The van der Waals surface area contributed by atoms with Gasteiger partial charge in [-0.2, -0.15) is 13.2 Å². The molecule has 0 radical (unpaired) electrons. The second kappa shape index (κ2) is 7.38. The minimum Gasteiger partial charge on any atom is -0.468 e. The number of hydrogen-bond acceptors (Lipinski definition) is 5. The van der Waals surface area contributed by atoms with E-state index in [9.17, 15) is 18.0 Å². The monoisotopic (exact) mass is 371 g/mol. The molecule has 1 aliphatic rings. The molecular weight excluding hydrogens is 355 g/mol. The van der Waals surface area contributed by atoms with Crippen molar-refractivity contribution >= 4 is 22.4 Å². The Kier molecular flexibility index (Phi) is 5.22. The molecule has 0 spiro atoms. The first-order valence-corrected chi connectivity index (χ1v) is 8.68. The molecule has 2 aromatic rings. The number of thiazole rings is 1. The van der Waals surface area contributed by atoms with Gasteiger partial charge in [-0.15, -0.1) is 11.3 Å². The summed E-state index contributed by atoms with van der Waals surface area (Å²) in [5.74, 6) is -0.589. The number of anilines is 1. The van der Waals surface area contributed by atoms with Gasteiger partial charge in [-0.05, 0) is 31.7 Å². The summed E-state index contributed by atoms with van der Waals surface area (Å²) in [6.07, 6.45) is 2.09. The van der Waals surface area contributed by atoms with Gasteiger partial charge in [0.15, 0.2) is 11.7 Å². The zero-order valence-corrected chi connectivity index (χ0v) is 14.0. The van der Waals surface area contributed by atoms with Crippen LogP contribution < -0.4 is 10.1 Å². The van der Waals surface area contributed by atoms with Crippen molar-refractivity contribution in [2.45, 2.75) is 38.3 Å². The maximum Gasteiger partial charge on any atom is 0.422 e. The van der Waals surface area contributed by atoms with Crippen LogP contribution in [0.3, 0.4) is 0 Å². The van der Waals surface area contributed by atoms with Gasteiger partial charge in [0.1, 0.15) is 0 Å². The normalized spacial score (nSPS) is 14.5. The minimum absolute atomic E-state index is 0.185. The molecule has 5 nitrogen and oxygen atoms in total. The molecule has 0 fully saturated rings. The SMILES string of the molecule is O=C(Nc1nc2c(s1)CCCCC2)c1ccc(OCC(F)(F)F)nc1. The van der Waals surface area contributed by atoms with Crippen LogP contribution in [-0.2, 0) is 12.8 Å². The molecule has 1 amide bonds. The molecule has 0 bridgehead atoms. The van der Waals surface area contributed by atoms with Crippen LogP contribution in [0, 0.1) is 0 Å². The van der Waals surface area contributed by atoms with Crippen molar-refractivity contribution in [2.75, 3.05) is 11.9 Å². The third-order valence-corrected chi connectivity index (χ3v) is 4.77. The number of amides is 1. The van der Waals surface area contributed by atoms with Crippen molar-refractivity contribution in [3.63, 3.8) is 0 Å². The lowest BCUT2D eigenvalue weighted by Gasteiger charge is -2.08. The van der Waals surface area contributed by atoms with Crippen molar-refractivity contribution in [1.29, 1.82) is 0 Å². The van der Waals surface area contributed by atoms with Crippen molar-refractivity contribution < 1.29 is 22.7 Å². The van der Waals surface area contributed by atoms with Crippen LogP contribution >= 0.6 is 11.3 Å². The lowest BCUT2D eigenvalue weighted by atomic mass is 10.2. The first-order chi connectivity index (χ1) is 11.9. The highest BCUT2D eigenvalue weighted by Crippen LogP contribution is 2.29. The van der Waals surface area contributed by atoms with E-state index in [0.717, 1.165) is 31.4 Å². The van der Waals surface area contributed by atoms with E-state index >= 15 is 0 Å². The fourth-order valence-corrected chi connectivity index (χ4v) is 3.55. The van der Waals surface area contributed by atoms with Gasteiger partial charge in [0.2, 0.25) is 5.88 Å². The van der Waals surface area contributed by atoms with Gasteiger partial charge < -0.3 is 4.74 Å². The Morgan fingerprint density at radius 3 is 2.76 bits per heavy atom. The number of alkyl halides is 3. The van der Waals surface area contributed by atoms with E-state index in [-0.39, 0.29) is 11.4 Å². The van der Waals surface area contributed by atoms with Gasteiger partial charge in [0.05, 0.1) is 11.3 Å². The van der Waals surface area contributed by atoms with E-state index in [1.165, 1.54) is 41.0 Å². The van der Waals surface area contributed by atoms with Crippen molar-refractivity contribution in [2.24, 2.45) is 0 Å². The number of rotatable bonds is 4. The number of carbonyl (C=O) groups is 1. The second-order valence-corrected chi connectivity index (χ2v) is 6.78. The third kappa shape index (κ3) is 4.91. The summed E-state index contributed by atoms with van der Waals surface area (Å²) in [7, 11) is 0. The van der Waals surface area contributed by atoms with E-state index in [1.807, 2.05) is 0 Å².